The summed E-state index contributed by atoms with van der Waals surface area (Å²) in [5.74, 6) is -0.656. The first-order valence-corrected chi connectivity index (χ1v) is 14.6. The summed E-state index contributed by atoms with van der Waals surface area (Å²) in [6.07, 6.45) is 2.53. The average Bonchev–Trinajstić information content (AvgIpc) is 3.41. The van der Waals surface area contributed by atoms with Gasteiger partial charge in [-0.1, -0.05) is 62.4 Å². The zero-order valence-corrected chi connectivity index (χ0v) is 24.2. The highest BCUT2D eigenvalue weighted by atomic mass is 32.2. The lowest BCUT2D eigenvalue weighted by molar-refractivity contribution is 0.0945. The molecule has 0 saturated heterocycles. The highest BCUT2D eigenvalue weighted by Crippen LogP contribution is 2.39. The molecule has 0 saturated carbocycles. The van der Waals surface area contributed by atoms with Gasteiger partial charge in [0, 0.05) is 12.1 Å². The van der Waals surface area contributed by atoms with Crippen molar-refractivity contribution in [2.24, 2.45) is 0 Å². The summed E-state index contributed by atoms with van der Waals surface area (Å²) in [7, 11) is -2.22. The molecule has 0 aliphatic carbocycles. The van der Waals surface area contributed by atoms with Gasteiger partial charge in [0.2, 0.25) is 10.0 Å². The second kappa shape index (κ2) is 11.8. The number of methoxy groups -OCH3 is 1. The number of rotatable bonds is 9. The number of nitrogens with zero attached hydrogens (tertiary/aromatic N) is 3. The number of carbonyl (C=O) groups excluding carboxylic acids is 2. The third-order valence-corrected chi connectivity index (χ3v) is 6.69. The molecule has 0 fully saturated rings. The van der Waals surface area contributed by atoms with E-state index < -0.39 is 15.9 Å². The fraction of sp³-hybridized carbons (Fsp3) is 0.241. The Bertz CT molecular complexity index is 1680. The molecule has 0 aliphatic heterocycles. The first-order valence-electron chi connectivity index (χ1n) is 12.7. The van der Waals surface area contributed by atoms with E-state index in [1.165, 1.54) is 18.0 Å². The molecule has 0 bridgehead atoms. The van der Waals surface area contributed by atoms with Gasteiger partial charge in [-0.2, -0.15) is 0 Å². The molecule has 1 aromatic heterocycles. The Morgan fingerprint density at radius 1 is 0.951 bits per heavy atom. The second-order valence-electron chi connectivity index (χ2n) is 10.4. The maximum absolute atomic E-state index is 13.3. The molecule has 0 aliphatic rings. The van der Waals surface area contributed by atoms with Crippen LogP contribution in [0.2, 0.25) is 0 Å². The van der Waals surface area contributed by atoms with Gasteiger partial charge in [0.25, 0.3) is 11.8 Å². The normalized spacial score (nSPS) is 11.5. The van der Waals surface area contributed by atoms with Crippen molar-refractivity contribution in [3.63, 3.8) is 0 Å². The maximum Gasteiger partial charge on any atom is 0.273 e. The van der Waals surface area contributed by atoms with Crippen LogP contribution in [0.4, 0.5) is 11.4 Å². The Balaban J connectivity index is 1.56. The molecule has 0 spiro atoms. The van der Waals surface area contributed by atoms with Crippen molar-refractivity contribution in [2.75, 3.05) is 23.4 Å². The van der Waals surface area contributed by atoms with Gasteiger partial charge < -0.3 is 15.4 Å². The number of aromatic nitrogens is 3. The zero-order chi connectivity index (χ0) is 29.8. The Morgan fingerprint density at radius 3 is 2.32 bits per heavy atom. The molecule has 11 nitrogen and oxygen atoms in total. The van der Waals surface area contributed by atoms with E-state index in [1.807, 2.05) is 51.1 Å². The van der Waals surface area contributed by atoms with E-state index in [0.717, 1.165) is 17.4 Å². The van der Waals surface area contributed by atoms with Gasteiger partial charge in [0.15, 0.2) is 11.4 Å². The second-order valence-corrected chi connectivity index (χ2v) is 12.2. The van der Waals surface area contributed by atoms with E-state index in [2.05, 4.69) is 25.7 Å². The van der Waals surface area contributed by atoms with E-state index in [9.17, 15) is 18.0 Å². The lowest BCUT2D eigenvalue weighted by atomic mass is 9.86. The van der Waals surface area contributed by atoms with Gasteiger partial charge in [-0.15, -0.1) is 5.10 Å². The lowest BCUT2D eigenvalue weighted by Crippen LogP contribution is -2.23. The number of hydrogen-bond donors (Lipinski definition) is 3. The van der Waals surface area contributed by atoms with Crippen LogP contribution in [-0.4, -0.2) is 48.6 Å². The smallest absolute Gasteiger partial charge is 0.273 e. The van der Waals surface area contributed by atoms with Crippen LogP contribution in [0.5, 0.6) is 5.75 Å². The summed E-state index contributed by atoms with van der Waals surface area (Å²) in [6.45, 7) is 6.27. The first-order chi connectivity index (χ1) is 19.3. The summed E-state index contributed by atoms with van der Waals surface area (Å²) < 4.78 is 33.4. The lowest BCUT2D eigenvalue weighted by Gasteiger charge is -2.24. The molecule has 0 radical (unpaired) electrons. The molecular weight excluding hydrogens is 544 g/mol. The molecule has 214 valence electrons. The van der Waals surface area contributed by atoms with Crippen LogP contribution < -0.4 is 20.1 Å². The number of amides is 2. The van der Waals surface area contributed by atoms with Crippen LogP contribution in [0.25, 0.3) is 5.69 Å². The molecule has 4 rings (SSSR count). The maximum atomic E-state index is 13.3. The van der Waals surface area contributed by atoms with E-state index >= 15 is 0 Å². The number of hydrogen-bond acceptors (Lipinski definition) is 7. The topological polar surface area (TPSA) is 144 Å². The first kappa shape index (κ1) is 29.3. The Labute approximate surface area is 239 Å². The molecule has 41 heavy (non-hydrogen) atoms. The highest BCUT2D eigenvalue weighted by molar-refractivity contribution is 7.92. The Kier molecular flexibility index (Phi) is 8.43. The summed E-state index contributed by atoms with van der Waals surface area (Å²) >= 11 is 0. The van der Waals surface area contributed by atoms with Crippen molar-refractivity contribution in [1.29, 1.82) is 0 Å². The minimum Gasteiger partial charge on any atom is -0.492 e. The number of nitrogens with one attached hydrogen (secondary N) is 3. The monoisotopic (exact) mass is 576 g/mol. The van der Waals surface area contributed by atoms with Crippen LogP contribution in [0.1, 0.15) is 52.7 Å². The van der Waals surface area contributed by atoms with Gasteiger partial charge in [-0.05, 0) is 46.9 Å². The van der Waals surface area contributed by atoms with Gasteiger partial charge in [-0.3, -0.25) is 14.3 Å². The van der Waals surface area contributed by atoms with Crippen molar-refractivity contribution in [2.45, 2.75) is 32.7 Å². The van der Waals surface area contributed by atoms with Crippen LogP contribution in [0.15, 0.2) is 72.9 Å². The number of sulfonamides is 1. The van der Waals surface area contributed by atoms with Crippen molar-refractivity contribution in [3.05, 3.63) is 95.3 Å². The molecule has 2 amide bonds. The van der Waals surface area contributed by atoms with Gasteiger partial charge in [0.1, 0.15) is 0 Å². The van der Waals surface area contributed by atoms with Gasteiger partial charge in [-0.25, -0.2) is 13.1 Å². The SMILES string of the molecule is COc1c(NC(=O)c2cccc(-n3cc(C(=O)NCc4ccccc4)nn3)c2)cc(C(C)(C)C)cc1NS(C)(=O)=O. The third-order valence-electron chi connectivity index (χ3n) is 6.10. The van der Waals surface area contributed by atoms with E-state index in [4.69, 9.17) is 4.74 Å². The third kappa shape index (κ3) is 7.48. The van der Waals surface area contributed by atoms with Crippen LogP contribution in [-0.2, 0) is 22.0 Å². The predicted octanol–water partition coefficient (Wildman–Crippen LogP) is 4.13. The summed E-state index contributed by atoms with van der Waals surface area (Å²) in [5, 5.41) is 13.7. The minimum absolute atomic E-state index is 0.130. The van der Waals surface area contributed by atoms with Gasteiger partial charge in [0.05, 0.1) is 36.6 Å². The molecule has 0 unspecified atom stereocenters. The molecule has 1 heterocycles. The number of ether oxygens (including phenoxy) is 1. The standard InChI is InChI=1S/C29H32N6O5S/c1-29(2,3)21-15-23(26(40-4)24(16-21)33-41(5,38)39)31-27(36)20-12-9-13-22(14-20)35-18-25(32-34-35)28(37)30-17-19-10-7-6-8-11-19/h6-16,18,33H,17H2,1-5H3,(H,30,37)(H,31,36). The number of anilines is 2. The van der Waals surface area contributed by atoms with E-state index in [0.29, 0.717) is 23.5 Å². The molecule has 12 heteroatoms. The predicted molar refractivity (Wildman–Crippen MR) is 157 cm³/mol. The van der Waals surface area contributed by atoms with Crippen LogP contribution >= 0.6 is 0 Å². The minimum atomic E-state index is -3.61. The highest BCUT2D eigenvalue weighted by Gasteiger charge is 2.23. The van der Waals surface area contributed by atoms with Crippen molar-refractivity contribution in [3.8, 4) is 11.4 Å². The molecule has 0 atom stereocenters. The summed E-state index contributed by atoms with van der Waals surface area (Å²) in [4.78, 5) is 25.9. The molecule has 4 aromatic rings. The fourth-order valence-corrected chi connectivity index (χ4v) is 4.55. The zero-order valence-electron chi connectivity index (χ0n) is 23.4. The largest absolute Gasteiger partial charge is 0.492 e. The Morgan fingerprint density at radius 2 is 1.66 bits per heavy atom. The summed E-state index contributed by atoms with van der Waals surface area (Å²) in [6, 6.07) is 19.6. The number of carbonyl (C=O) groups is 2. The van der Waals surface area contributed by atoms with Crippen LogP contribution in [0, 0.1) is 0 Å². The quantitative estimate of drug-likeness (QED) is 0.272. The number of benzene rings is 3. The van der Waals surface area contributed by atoms with Crippen molar-refractivity contribution >= 4 is 33.2 Å². The van der Waals surface area contributed by atoms with E-state index in [1.54, 1.807) is 36.4 Å². The van der Waals surface area contributed by atoms with Crippen molar-refractivity contribution < 1.29 is 22.7 Å². The average molecular weight is 577 g/mol. The fourth-order valence-electron chi connectivity index (χ4n) is 4.00. The van der Waals surface area contributed by atoms with Gasteiger partial charge >= 0.3 is 0 Å². The summed E-state index contributed by atoms with van der Waals surface area (Å²) in [5.41, 5.74) is 2.86. The van der Waals surface area contributed by atoms with Crippen molar-refractivity contribution in [1.82, 2.24) is 20.3 Å². The van der Waals surface area contributed by atoms with Crippen LogP contribution in [0.3, 0.4) is 0 Å². The molecule has 3 N–H and O–H groups in total. The molecule has 3 aromatic carbocycles. The van der Waals surface area contributed by atoms with E-state index in [-0.39, 0.29) is 28.5 Å². The Hall–Kier alpha value is -4.71. The molecular formula is C29H32N6O5S.